The fourth-order valence-corrected chi connectivity index (χ4v) is 3.50. The van der Waals surface area contributed by atoms with E-state index in [4.69, 9.17) is 0 Å². The van der Waals surface area contributed by atoms with Crippen LogP contribution in [-0.4, -0.2) is 63.1 Å². The number of aliphatic imine (C=N–C) groups is 1. The Bertz CT molecular complexity index is 721. The largest absolute Gasteiger partial charge is 0.416 e. The highest BCUT2D eigenvalue weighted by Gasteiger charge is 2.30. The predicted octanol–water partition coefficient (Wildman–Crippen LogP) is 3.19. The first-order valence-electron chi connectivity index (χ1n) is 10.3. The van der Waals surface area contributed by atoms with E-state index in [2.05, 4.69) is 25.8 Å². The zero-order valence-electron chi connectivity index (χ0n) is 18.3. The molecule has 31 heavy (non-hydrogen) atoms. The zero-order valence-corrected chi connectivity index (χ0v) is 20.6. The molecule has 0 aromatic heterocycles. The maximum absolute atomic E-state index is 12.9. The highest BCUT2D eigenvalue weighted by atomic mass is 127. The molecule has 10 heteroatoms. The molecule has 0 aliphatic carbocycles. The summed E-state index contributed by atoms with van der Waals surface area (Å²) in [5.41, 5.74) is 0.0677. The number of carbonyl (C=O) groups excluding carboxylic acids is 1. The Labute approximate surface area is 199 Å². The summed E-state index contributed by atoms with van der Waals surface area (Å²) in [6.07, 6.45) is -1.81. The van der Waals surface area contributed by atoms with Gasteiger partial charge in [0.1, 0.15) is 0 Å². The van der Waals surface area contributed by atoms with Crippen molar-refractivity contribution in [1.29, 1.82) is 0 Å². The minimum Gasteiger partial charge on any atom is -0.358 e. The van der Waals surface area contributed by atoms with Gasteiger partial charge in [0.25, 0.3) is 0 Å². The topological polar surface area (TPSA) is 68.8 Å². The van der Waals surface area contributed by atoms with Crippen molar-refractivity contribution in [1.82, 2.24) is 20.9 Å². The van der Waals surface area contributed by atoms with Crippen molar-refractivity contribution in [2.24, 2.45) is 4.99 Å². The molecule has 1 aromatic rings. The fraction of sp³-hybridized carbons (Fsp3) is 0.619. The van der Waals surface area contributed by atoms with Crippen molar-refractivity contribution >= 4 is 35.8 Å². The van der Waals surface area contributed by atoms with Crippen LogP contribution in [-0.2, 0) is 11.0 Å². The molecule has 1 amide bonds. The Hall–Kier alpha value is -1.56. The standard InChI is InChI=1S/C21H32F3N5O.HI/c1-15(16-5-4-6-17(13-16)21(22,23)24)7-10-27-20(26-3)28-18-8-11-29(12-9-18)14-19(30)25-2;/h4-6,13,15,18H,7-12,14H2,1-3H3,(H,25,30)(H2,26,27,28);1H. The van der Waals surface area contributed by atoms with E-state index in [0.717, 1.165) is 32.0 Å². The monoisotopic (exact) mass is 555 g/mol. The van der Waals surface area contributed by atoms with E-state index in [1.54, 1.807) is 20.2 Å². The van der Waals surface area contributed by atoms with E-state index in [1.165, 1.54) is 12.1 Å². The molecule has 0 spiro atoms. The number of nitrogens with zero attached hydrogens (tertiary/aromatic N) is 2. The first kappa shape index (κ1) is 27.5. The van der Waals surface area contributed by atoms with Gasteiger partial charge < -0.3 is 16.0 Å². The molecule has 1 heterocycles. The summed E-state index contributed by atoms with van der Waals surface area (Å²) < 4.78 is 38.7. The van der Waals surface area contributed by atoms with Gasteiger partial charge in [-0.1, -0.05) is 25.1 Å². The first-order valence-corrected chi connectivity index (χ1v) is 10.3. The Kier molecular flexibility index (Phi) is 11.6. The van der Waals surface area contributed by atoms with Crippen LogP contribution in [0.3, 0.4) is 0 Å². The third kappa shape index (κ3) is 9.22. The minimum absolute atomic E-state index is 0. The molecule has 6 nitrogen and oxygen atoms in total. The molecule has 0 bridgehead atoms. The van der Waals surface area contributed by atoms with Crippen LogP contribution in [0, 0.1) is 0 Å². The van der Waals surface area contributed by atoms with Crippen molar-refractivity contribution in [3.63, 3.8) is 0 Å². The van der Waals surface area contributed by atoms with Crippen LogP contribution in [0.1, 0.15) is 43.2 Å². The van der Waals surface area contributed by atoms with Gasteiger partial charge in [-0.2, -0.15) is 13.2 Å². The van der Waals surface area contributed by atoms with Gasteiger partial charge in [0, 0.05) is 39.8 Å². The molecule has 0 saturated carbocycles. The molecule has 3 N–H and O–H groups in total. The van der Waals surface area contributed by atoms with Crippen molar-refractivity contribution in [2.45, 2.75) is 44.3 Å². The maximum atomic E-state index is 12.9. The molecule has 1 fully saturated rings. The molecule has 1 saturated heterocycles. The zero-order chi connectivity index (χ0) is 22.1. The van der Waals surface area contributed by atoms with Crippen molar-refractivity contribution in [3.8, 4) is 0 Å². The molecular weight excluding hydrogens is 522 g/mol. The number of likely N-dealkylation sites (tertiary alicyclic amines) is 1. The minimum atomic E-state index is -4.32. The van der Waals surface area contributed by atoms with E-state index in [-0.39, 0.29) is 41.8 Å². The molecule has 1 atom stereocenters. The number of amides is 1. The third-order valence-electron chi connectivity index (χ3n) is 5.45. The second-order valence-corrected chi connectivity index (χ2v) is 7.68. The summed E-state index contributed by atoms with van der Waals surface area (Å²) in [4.78, 5) is 17.9. The molecule has 1 aliphatic heterocycles. The van der Waals surface area contributed by atoms with E-state index < -0.39 is 11.7 Å². The van der Waals surface area contributed by atoms with E-state index in [1.807, 2.05) is 6.92 Å². The Morgan fingerprint density at radius 3 is 2.55 bits per heavy atom. The lowest BCUT2D eigenvalue weighted by molar-refractivity contribution is -0.137. The van der Waals surface area contributed by atoms with E-state index in [9.17, 15) is 18.0 Å². The predicted molar refractivity (Wildman–Crippen MR) is 128 cm³/mol. The number of benzene rings is 1. The number of carbonyl (C=O) groups is 1. The maximum Gasteiger partial charge on any atom is 0.416 e. The van der Waals surface area contributed by atoms with Gasteiger partial charge in [0.2, 0.25) is 5.91 Å². The van der Waals surface area contributed by atoms with Crippen LogP contribution in [0.5, 0.6) is 0 Å². The molecule has 0 radical (unpaired) electrons. The lowest BCUT2D eigenvalue weighted by Crippen LogP contribution is -2.50. The highest BCUT2D eigenvalue weighted by Crippen LogP contribution is 2.31. The van der Waals surface area contributed by atoms with Gasteiger partial charge in [-0.15, -0.1) is 24.0 Å². The number of alkyl halides is 3. The van der Waals surface area contributed by atoms with Gasteiger partial charge in [-0.25, -0.2) is 0 Å². The Morgan fingerprint density at radius 2 is 1.97 bits per heavy atom. The average molecular weight is 555 g/mol. The van der Waals surface area contributed by atoms with Crippen LogP contribution in [0.2, 0.25) is 0 Å². The molecule has 176 valence electrons. The SMILES string of the molecule is CN=C(NCCC(C)c1cccc(C(F)(F)F)c1)NC1CCN(CC(=O)NC)CC1.I. The van der Waals surface area contributed by atoms with Gasteiger partial charge in [0.05, 0.1) is 12.1 Å². The fourth-order valence-electron chi connectivity index (χ4n) is 3.50. The number of halogens is 4. The quantitative estimate of drug-likeness (QED) is 0.275. The molecule has 1 aliphatic rings. The van der Waals surface area contributed by atoms with Crippen LogP contribution < -0.4 is 16.0 Å². The molecular formula is C21H33F3IN5O. The van der Waals surface area contributed by atoms with E-state index >= 15 is 0 Å². The van der Waals surface area contributed by atoms with Crippen molar-refractivity contribution in [2.75, 3.05) is 40.3 Å². The van der Waals surface area contributed by atoms with Gasteiger partial charge in [0.15, 0.2) is 5.96 Å². The third-order valence-corrected chi connectivity index (χ3v) is 5.45. The lowest BCUT2D eigenvalue weighted by Gasteiger charge is -2.32. The van der Waals surface area contributed by atoms with Crippen LogP contribution in [0.25, 0.3) is 0 Å². The van der Waals surface area contributed by atoms with Gasteiger partial charge in [-0.05, 0) is 36.8 Å². The number of piperidine rings is 1. The summed E-state index contributed by atoms with van der Waals surface area (Å²) in [6.45, 7) is 4.63. The number of guanidine groups is 1. The molecule has 1 aromatic carbocycles. The second-order valence-electron chi connectivity index (χ2n) is 7.68. The molecule has 1 unspecified atom stereocenters. The Balaban J connectivity index is 0.00000480. The Morgan fingerprint density at radius 1 is 1.29 bits per heavy atom. The van der Waals surface area contributed by atoms with Crippen molar-refractivity contribution in [3.05, 3.63) is 35.4 Å². The van der Waals surface area contributed by atoms with Gasteiger partial charge in [-0.3, -0.25) is 14.7 Å². The number of rotatable bonds is 7. The molecule has 2 rings (SSSR count). The van der Waals surface area contributed by atoms with Crippen molar-refractivity contribution < 1.29 is 18.0 Å². The van der Waals surface area contributed by atoms with Crippen LogP contribution in [0.15, 0.2) is 29.3 Å². The average Bonchev–Trinajstić information content (AvgIpc) is 2.73. The summed E-state index contributed by atoms with van der Waals surface area (Å²) in [6, 6.07) is 5.79. The van der Waals surface area contributed by atoms with Gasteiger partial charge >= 0.3 is 6.18 Å². The number of hydrogen-bond acceptors (Lipinski definition) is 3. The summed E-state index contributed by atoms with van der Waals surface area (Å²) in [5.74, 6) is 0.704. The number of likely N-dealkylation sites (N-methyl/N-ethyl adjacent to an activating group) is 1. The first-order chi connectivity index (χ1) is 14.2. The highest BCUT2D eigenvalue weighted by molar-refractivity contribution is 14.0. The summed E-state index contributed by atoms with van der Waals surface area (Å²) >= 11 is 0. The number of hydrogen-bond donors (Lipinski definition) is 3. The summed E-state index contributed by atoms with van der Waals surface area (Å²) in [7, 11) is 3.34. The normalized spacial score (nSPS) is 16.9. The lowest BCUT2D eigenvalue weighted by atomic mass is 9.96. The summed E-state index contributed by atoms with van der Waals surface area (Å²) in [5, 5.41) is 9.29. The second kappa shape index (κ2) is 13.1. The van der Waals surface area contributed by atoms with E-state index in [0.29, 0.717) is 31.0 Å². The van der Waals surface area contributed by atoms with Crippen LogP contribution >= 0.6 is 24.0 Å². The number of nitrogens with one attached hydrogen (secondary N) is 3. The smallest absolute Gasteiger partial charge is 0.358 e. The van der Waals surface area contributed by atoms with Crippen LogP contribution in [0.4, 0.5) is 13.2 Å².